The number of nitrogens with two attached hydrogens (primary N) is 1. The number of amides is 1. The van der Waals surface area contributed by atoms with Gasteiger partial charge in [0.1, 0.15) is 5.75 Å². The second-order valence-electron chi connectivity index (χ2n) is 6.92. The van der Waals surface area contributed by atoms with Crippen molar-refractivity contribution in [2.45, 2.75) is 48.7 Å². The number of ether oxygens (including phenoxy) is 1. The van der Waals surface area contributed by atoms with Crippen LogP contribution in [0.3, 0.4) is 0 Å². The van der Waals surface area contributed by atoms with Crippen LogP contribution in [0, 0.1) is 0 Å². The van der Waals surface area contributed by atoms with E-state index in [0.717, 1.165) is 12.8 Å². The van der Waals surface area contributed by atoms with Gasteiger partial charge in [-0.05, 0) is 49.9 Å². The molecule has 3 heterocycles. The largest absolute Gasteiger partial charge is 0.484 e. The number of fused-ring (bicyclic) bond motifs is 2. The van der Waals surface area contributed by atoms with Gasteiger partial charge in [-0.25, -0.2) is 8.42 Å². The minimum Gasteiger partial charge on any atom is -0.484 e. The number of carbonyl (C=O) groups is 1. The Morgan fingerprint density at radius 3 is 2.22 bits per heavy atom. The van der Waals surface area contributed by atoms with Gasteiger partial charge in [0.2, 0.25) is 10.0 Å². The Morgan fingerprint density at radius 2 is 1.67 bits per heavy atom. The molecule has 0 saturated carbocycles. The molecule has 2 N–H and O–H groups in total. The molecule has 0 radical (unpaired) electrons. The molecule has 1 aromatic carbocycles. The summed E-state index contributed by atoms with van der Waals surface area (Å²) in [7, 11) is -3.60. The highest BCUT2D eigenvalue weighted by Crippen LogP contribution is 2.43. The Balaban J connectivity index is 1.52. The summed E-state index contributed by atoms with van der Waals surface area (Å²) in [6.45, 7) is -0.245. The molecule has 2 aliphatic rings. The topological polar surface area (TPSA) is 120 Å². The third-order valence-electron chi connectivity index (χ3n) is 5.18. The minimum atomic E-state index is -3.60. The van der Waals surface area contributed by atoms with E-state index in [1.54, 1.807) is 21.5 Å². The summed E-state index contributed by atoms with van der Waals surface area (Å²) in [4.78, 5) is 12.7. The second-order valence-corrected chi connectivity index (χ2v) is 8.76. The van der Waals surface area contributed by atoms with Crippen molar-refractivity contribution in [1.82, 2.24) is 19.3 Å². The highest BCUT2D eigenvalue weighted by atomic mass is 32.2. The van der Waals surface area contributed by atoms with Gasteiger partial charge in [-0.1, -0.05) is 0 Å². The second kappa shape index (κ2) is 6.93. The van der Waals surface area contributed by atoms with Crippen molar-refractivity contribution in [2.24, 2.45) is 5.73 Å². The summed E-state index contributed by atoms with van der Waals surface area (Å²) in [5.41, 5.74) is 5.04. The molecule has 2 unspecified atom stereocenters. The first-order chi connectivity index (χ1) is 12.9. The van der Waals surface area contributed by atoms with Crippen LogP contribution < -0.4 is 10.5 Å². The quantitative estimate of drug-likeness (QED) is 0.774. The summed E-state index contributed by atoms with van der Waals surface area (Å²) >= 11 is 0. The summed E-state index contributed by atoms with van der Waals surface area (Å²) in [5.74, 6) is -0.183. The number of sulfonamides is 1. The lowest BCUT2D eigenvalue weighted by Gasteiger charge is -2.37. The number of hydrogen-bond donors (Lipinski definition) is 1. The van der Waals surface area contributed by atoms with Crippen LogP contribution in [0.4, 0.5) is 0 Å². The Hall–Kier alpha value is -2.46. The van der Waals surface area contributed by atoms with Crippen LogP contribution in [0.5, 0.6) is 5.75 Å². The molecule has 2 saturated heterocycles. The van der Waals surface area contributed by atoms with E-state index in [1.165, 1.54) is 24.3 Å². The maximum absolute atomic E-state index is 13.2. The molecule has 1 amide bonds. The van der Waals surface area contributed by atoms with Crippen molar-refractivity contribution in [1.29, 1.82) is 0 Å². The summed E-state index contributed by atoms with van der Waals surface area (Å²) in [6, 6.07) is 6.13. The van der Waals surface area contributed by atoms with Crippen LogP contribution in [-0.4, -0.2) is 52.3 Å². The lowest BCUT2D eigenvalue weighted by Crippen LogP contribution is -2.47. The SMILES string of the molecule is NC(=O)COc1ccc(S(=O)(=O)N2C3CCC2CC(n2nccn2)C3)cc1. The Kier molecular flexibility index (Phi) is 4.60. The number of benzene rings is 1. The van der Waals surface area contributed by atoms with Gasteiger partial charge in [0, 0.05) is 12.1 Å². The van der Waals surface area contributed by atoms with E-state index in [0.29, 0.717) is 18.6 Å². The van der Waals surface area contributed by atoms with Crippen LogP contribution in [0.15, 0.2) is 41.6 Å². The van der Waals surface area contributed by atoms with Gasteiger partial charge in [-0.2, -0.15) is 19.3 Å². The maximum atomic E-state index is 13.2. The molecule has 10 heteroatoms. The maximum Gasteiger partial charge on any atom is 0.255 e. The van der Waals surface area contributed by atoms with Gasteiger partial charge in [0.25, 0.3) is 5.91 Å². The fraction of sp³-hybridized carbons (Fsp3) is 0.471. The van der Waals surface area contributed by atoms with E-state index in [2.05, 4.69) is 10.2 Å². The fourth-order valence-corrected chi connectivity index (χ4v) is 5.98. The van der Waals surface area contributed by atoms with Gasteiger partial charge < -0.3 is 10.5 Å². The number of piperidine rings is 1. The van der Waals surface area contributed by atoms with E-state index in [9.17, 15) is 13.2 Å². The smallest absolute Gasteiger partial charge is 0.255 e. The molecule has 27 heavy (non-hydrogen) atoms. The minimum absolute atomic E-state index is 0.0458. The van der Waals surface area contributed by atoms with Crippen LogP contribution in [-0.2, 0) is 14.8 Å². The molecule has 2 fully saturated rings. The van der Waals surface area contributed by atoms with Crippen molar-refractivity contribution in [3.05, 3.63) is 36.7 Å². The number of hydrogen-bond acceptors (Lipinski definition) is 6. The monoisotopic (exact) mass is 391 g/mol. The number of rotatable bonds is 6. The summed E-state index contributed by atoms with van der Waals surface area (Å²) in [6.07, 6.45) is 6.41. The van der Waals surface area contributed by atoms with Crippen LogP contribution >= 0.6 is 0 Å². The Bertz CT molecular complexity index is 899. The number of carbonyl (C=O) groups excluding carboxylic acids is 1. The van der Waals surface area contributed by atoms with E-state index in [-0.39, 0.29) is 29.6 Å². The average molecular weight is 391 g/mol. The Labute approximate surface area is 157 Å². The summed E-state index contributed by atoms with van der Waals surface area (Å²) < 4.78 is 33.2. The van der Waals surface area contributed by atoms with Crippen molar-refractivity contribution in [2.75, 3.05) is 6.61 Å². The molecule has 2 bridgehead atoms. The molecule has 9 nitrogen and oxygen atoms in total. The number of aromatic nitrogens is 3. The van der Waals surface area contributed by atoms with E-state index in [4.69, 9.17) is 10.5 Å². The highest BCUT2D eigenvalue weighted by molar-refractivity contribution is 7.89. The van der Waals surface area contributed by atoms with Crippen LogP contribution in [0.2, 0.25) is 0 Å². The van der Waals surface area contributed by atoms with Gasteiger partial charge in [0.05, 0.1) is 23.3 Å². The first kappa shape index (κ1) is 17.9. The summed E-state index contributed by atoms with van der Waals surface area (Å²) in [5, 5.41) is 8.42. The van der Waals surface area contributed by atoms with E-state index >= 15 is 0 Å². The number of nitrogens with zero attached hydrogens (tertiary/aromatic N) is 4. The van der Waals surface area contributed by atoms with Crippen LogP contribution in [0.1, 0.15) is 31.7 Å². The molecule has 0 spiro atoms. The van der Waals surface area contributed by atoms with Crippen LogP contribution in [0.25, 0.3) is 0 Å². The zero-order valence-electron chi connectivity index (χ0n) is 14.6. The first-order valence-corrected chi connectivity index (χ1v) is 10.3. The molecule has 0 aliphatic carbocycles. The van der Waals surface area contributed by atoms with Gasteiger partial charge in [-0.3, -0.25) is 4.79 Å². The van der Waals surface area contributed by atoms with Crippen molar-refractivity contribution in [3.63, 3.8) is 0 Å². The molecule has 2 atom stereocenters. The van der Waals surface area contributed by atoms with Gasteiger partial charge in [0.15, 0.2) is 6.61 Å². The fourth-order valence-electron chi connectivity index (χ4n) is 4.08. The molecular weight excluding hydrogens is 370 g/mol. The lowest BCUT2D eigenvalue weighted by atomic mass is 10.0. The zero-order chi connectivity index (χ0) is 19.0. The van der Waals surface area contributed by atoms with Crippen molar-refractivity contribution < 1.29 is 17.9 Å². The molecule has 4 rings (SSSR count). The van der Waals surface area contributed by atoms with Crippen molar-refractivity contribution in [3.8, 4) is 5.75 Å². The van der Waals surface area contributed by atoms with Crippen molar-refractivity contribution >= 4 is 15.9 Å². The third kappa shape index (κ3) is 3.42. The molecular formula is C17H21N5O4S. The predicted octanol–water partition coefficient (Wildman–Crippen LogP) is 0.699. The zero-order valence-corrected chi connectivity index (χ0v) is 15.5. The molecule has 2 aromatic rings. The molecule has 144 valence electrons. The lowest BCUT2D eigenvalue weighted by molar-refractivity contribution is -0.119. The highest BCUT2D eigenvalue weighted by Gasteiger charge is 2.48. The first-order valence-electron chi connectivity index (χ1n) is 8.85. The normalized spacial score (nSPS) is 25.4. The van der Waals surface area contributed by atoms with Gasteiger partial charge >= 0.3 is 0 Å². The average Bonchev–Trinajstić information content (AvgIpc) is 3.27. The van der Waals surface area contributed by atoms with Gasteiger partial charge in [-0.15, -0.1) is 0 Å². The molecule has 1 aromatic heterocycles. The van der Waals surface area contributed by atoms with E-state index in [1.807, 2.05) is 0 Å². The third-order valence-corrected chi connectivity index (χ3v) is 7.20. The standard InChI is InChI=1S/C17H21N5O4S/c18-17(23)11-26-15-3-5-16(6-4-15)27(24,25)21-12-1-2-13(21)10-14(9-12)22-19-7-8-20-22/h3-8,12-14H,1-2,9-11H2,(H2,18,23). The van der Waals surface area contributed by atoms with E-state index < -0.39 is 15.9 Å². The molecule has 2 aliphatic heterocycles. The predicted molar refractivity (Wildman–Crippen MR) is 95.3 cm³/mol. The Morgan fingerprint density at radius 1 is 1.07 bits per heavy atom. The number of primary amides is 1.